The predicted molar refractivity (Wildman–Crippen MR) is 124 cm³/mol. The molecule has 2 atom stereocenters. The van der Waals surface area contributed by atoms with Crippen LogP contribution in [0.1, 0.15) is 25.7 Å². The minimum atomic E-state index is -0.783. The van der Waals surface area contributed by atoms with Crippen molar-refractivity contribution in [1.82, 2.24) is 4.90 Å². The van der Waals surface area contributed by atoms with E-state index >= 15 is 0 Å². The van der Waals surface area contributed by atoms with Gasteiger partial charge in [0.25, 0.3) is 5.91 Å². The highest BCUT2D eigenvalue weighted by Gasteiger charge is 2.48. The van der Waals surface area contributed by atoms with E-state index in [1.165, 1.54) is 11.8 Å². The van der Waals surface area contributed by atoms with Crippen LogP contribution in [-0.2, 0) is 23.9 Å². The second kappa shape index (κ2) is 10.4. The third-order valence-electron chi connectivity index (χ3n) is 5.79. The van der Waals surface area contributed by atoms with Crippen LogP contribution in [0.15, 0.2) is 58.3 Å². The van der Waals surface area contributed by atoms with Crippen LogP contribution in [-0.4, -0.2) is 41.7 Å². The Morgan fingerprint density at radius 2 is 1.64 bits per heavy atom. The van der Waals surface area contributed by atoms with Gasteiger partial charge in [-0.05, 0) is 49.2 Å². The fourth-order valence-corrected chi connectivity index (χ4v) is 5.21. The molecule has 0 bridgehead atoms. The van der Waals surface area contributed by atoms with Crippen molar-refractivity contribution in [2.24, 2.45) is 11.8 Å². The summed E-state index contributed by atoms with van der Waals surface area (Å²) < 4.78 is 5.04. The number of anilines is 1. The molecule has 2 aromatic carbocycles. The van der Waals surface area contributed by atoms with Crippen LogP contribution in [0.3, 0.4) is 0 Å². The van der Waals surface area contributed by atoms with E-state index in [0.717, 1.165) is 27.5 Å². The summed E-state index contributed by atoms with van der Waals surface area (Å²) in [5.74, 6) is -2.55. The molecule has 2 fully saturated rings. The number of carbonyl (C=O) groups is 4. The number of carbonyl (C=O) groups excluding carboxylic acids is 4. The Hall–Kier alpha value is -2.84. The number of fused-ring (bicyclic) bond motifs is 1. The number of hydrogen-bond acceptors (Lipinski definition) is 6. The summed E-state index contributed by atoms with van der Waals surface area (Å²) in [6.45, 7) is -0.969. The predicted octanol–water partition coefficient (Wildman–Crippen LogP) is 4.15. The molecule has 7 nitrogen and oxygen atoms in total. The fourth-order valence-electron chi connectivity index (χ4n) is 4.18. The van der Waals surface area contributed by atoms with Gasteiger partial charge in [-0.15, -0.1) is 0 Å². The van der Waals surface area contributed by atoms with Crippen molar-refractivity contribution < 1.29 is 23.9 Å². The molecule has 2 aliphatic rings. The third kappa shape index (κ3) is 5.57. The number of benzene rings is 2. The summed E-state index contributed by atoms with van der Waals surface area (Å²) in [7, 11) is 0. The molecule has 2 unspecified atom stereocenters. The first-order valence-electron chi connectivity index (χ1n) is 10.8. The van der Waals surface area contributed by atoms with Crippen molar-refractivity contribution in [3.63, 3.8) is 0 Å². The van der Waals surface area contributed by atoms with Gasteiger partial charge in [0.05, 0.1) is 17.5 Å². The maximum Gasteiger partial charge on any atom is 0.326 e. The van der Waals surface area contributed by atoms with Gasteiger partial charge in [0.15, 0.2) is 6.61 Å². The lowest BCUT2D eigenvalue weighted by molar-refractivity contribution is -0.154. The van der Waals surface area contributed by atoms with Gasteiger partial charge in [-0.2, -0.15) is 0 Å². The average molecular weight is 487 g/mol. The minimum absolute atomic E-state index is 0.306. The number of ether oxygens (including phenoxy) is 1. The molecule has 0 radical (unpaired) electrons. The molecular formula is C24H23ClN2O5S. The maximum absolute atomic E-state index is 12.5. The van der Waals surface area contributed by atoms with Crippen molar-refractivity contribution in [3.05, 3.63) is 53.6 Å². The van der Waals surface area contributed by atoms with Gasteiger partial charge in [0.1, 0.15) is 6.54 Å². The van der Waals surface area contributed by atoms with Gasteiger partial charge in [0, 0.05) is 14.8 Å². The molecule has 9 heteroatoms. The van der Waals surface area contributed by atoms with E-state index in [1.54, 1.807) is 24.3 Å². The molecule has 3 amide bonds. The molecule has 33 heavy (non-hydrogen) atoms. The van der Waals surface area contributed by atoms with Gasteiger partial charge in [-0.1, -0.05) is 48.3 Å². The van der Waals surface area contributed by atoms with Crippen LogP contribution in [0.4, 0.5) is 5.69 Å². The molecule has 1 aliphatic heterocycles. The van der Waals surface area contributed by atoms with E-state index < -0.39 is 25.0 Å². The van der Waals surface area contributed by atoms with Gasteiger partial charge in [0.2, 0.25) is 11.8 Å². The van der Waals surface area contributed by atoms with E-state index in [0.29, 0.717) is 23.6 Å². The van der Waals surface area contributed by atoms with E-state index in [4.69, 9.17) is 16.3 Å². The Bertz CT molecular complexity index is 1050. The second-order valence-corrected chi connectivity index (χ2v) is 9.57. The third-order valence-corrected chi connectivity index (χ3v) is 7.12. The highest BCUT2D eigenvalue weighted by atomic mass is 35.5. The van der Waals surface area contributed by atoms with E-state index in [9.17, 15) is 19.2 Å². The standard InChI is InChI=1S/C24H23ClN2O5S/c25-15-9-11-16(12-10-15)33-20-8-4-3-7-19(20)26-21(28)14-32-22(29)13-27-23(30)17-5-1-2-6-18(17)24(27)31/h3-4,7-12,17-18H,1-2,5-6,13-14H2,(H,26,28). The van der Waals surface area contributed by atoms with Crippen molar-refractivity contribution >= 4 is 52.7 Å². The molecule has 1 saturated heterocycles. The summed E-state index contributed by atoms with van der Waals surface area (Å²) in [6.07, 6.45) is 3.18. The Morgan fingerprint density at radius 3 is 2.30 bits per heavy atom. The topological polar surface area (TPSA) is 92.8 Å². The molecule has 0 aromatic heterocycles. The normalized spacial score (nSPS) is 19.8. The highest BCUT2D eigenvalue weighted by Crippen LogP contribution is 2.38. The number of nitrogens with zero attached hydrogens (tertiary/aromatic N) is 1. The van der Waals surface area contributed by atoms with E-state index in [2.05, 4.69) is 5.32 Å². The molecule has 1 aliphatic carbocycles. The number of imide groups is 1. The smallest absolute Gasteiger partial charge is 0.326 e. The second-order valence-electron chi connectivity index (χ2n) is 8.02. The SMILES string of the molecule is O=C(COC(=O)CN1C(=O)C2CCCCC2C1=O)Nc1ccccc1Sc1ccc(Cl)cc1. The molecule has 172 valence electrons. The molecule has 4 rings (SSSR count). The van der Waals surface area contributed by atoms with Gasteiger partial charge in [-0.3, -0.25) is 24.1 Å². The first-order valence-corrected chi connectivity index (χ1v) is 11.9. The number of hydrogen-bond donors (Lipinski definition) is 1. The summed E-state index contributed by atoms with van der Waals surface area (Å²) >= 11 is 7.39. The fraction of sp³-hybridized carbons (Fsp3) is 0.333. The van der Waals surface area contributed by atoms with E-state index in [-0.39, 0.29) is 23.7 Å². The zero-order valence-electron chi connectivity index (χ0n) is 17.8. The highest BCUT2D eigenvalue weighted by molar-refractivity contribution is 7.99. The number of esters is 1. The van der Waals surface area contributed by atoms with Crippen molar-refractivity contribution in [2.45, 2.75) is 35.5 Å². The number of nitrogens with one attached hydrogen (secondary N) is 1. The van der Waals surface area contributed by atoms with Gasteiger partial charge < -0.3 is 10.1 Å². The lowest BCUT2D eigenvalue weighted by atomic mass is 9.81. The first kappa shape index (κ1) is 23.3. The van der Waals surface area contributed by atoms with Crippen molar-refractivity contribution in [2.75, 3.05) is 18.5 Å². The number of para-hydroxylation sites is 1. The van der Waals surface area contributed by atoms with Crippen LogP contribution < -0.4 is 5.32 Å². The molecular weight excluding hydrogens is 464 g/mol. The zero-order valence-corrected chi connectivity index (χ0v) is 19.4. The van der Waals surface area contributed by atoms with E-state index in [1.807, 2.05) is 24.3 Å². The minimum Gasteiger partial charge on any atom is -0.454 e. The number of halogens is 1. The van der Waals surface area contributed by atoms with Crippen LogP contribution >= 0.6 is 23.4 Å². The summed E-state index contributed by atoms with van der Waals surface area (Å²) in [6, 6.07) is 14.6. The molecule has 2 aromatic rings. The summed E-state index contributed by atoms with van der Waals surface area (Å²) in [4.78, 5) is 52.3. The number of likely N-dealkylation sites (tertiary alicyclic amines) is 1. The van der Waals surface area contributed by atoms with Crippen molar-refractivity contribution in [3.8, 4) is 0 Å². The monoisotopic (exact) mass is 486 g/mol. The Balaban J connectivity index is 1.30. The quantitative estimate of drug-likeness (QED) is 0.467. The van der Waals surface area contributed by atoms with Crippen molar-refractivity contribution in [1.29, 1.82) is 0 Å². The Morgan fingerprint density at radius 1 is 1.00 bits per heavy atom. The van der Waals surface area contributed by atoms with Crippen LogP contribution in [0.25, 0.3) is 0 Å². The average Bonchev–Trinajstić information content (AvgIpc) is 3.05. The Labute approximate surface area is 200 Å². The molecule has 1 heterocycles. The van der Waals surface area contributed by atoms with Gasteiger partial charge in [-0.25, -0.2) is 0 Å². The largest absolute Gasteiger partial charge is 0.454 e. The molecule has 0 spiro atoms. The molecule has 1 N–H and O–H groups in total. The lowest BCUT2D eigenvalue weighted by Crippen LogP contribution is -2.37. The summed E-state index contributed by atoms with van der Waals surface area (Å²) in [5.41, 5.74) is 0.576. The Kier molecular flexibility index (Phi) is 7.35. The van der Waals surface area contributed by atoms with Crippen LogP contribution in [0.2, 0.25) is 5.02 Å². The zero-order chi connectivity index (χ0) is 23.4. The van der Waals surface area contributed by atoms with Crippen LogP contribution in [0, 0.1) is 11.8 Å². The number of amides is 3. The molecule has 1 saturated carbocycles. The lowest BCUT2D eigenvalue weighted by Gasteiger charge is -2.19. The number of rotatable bonds is 7. The maximum atomic E-state index is 12.5. The van der Waals surface area contributed by atoms with Crippen LogP contribution in [0.5, 0.6) is 0 Å². The van der Waals surface area contributed by atoms with Gasteiger partial charge >= 0.3 is 5.97 Å². The first-order chi connectivity index (χ1) is 15.9. The summed E-state index contributed by atoms with van der Waals surface area (Å²) in [5, 5.41) is 3.38.